The van der Waals surface area contributed by atoms with Crippen LogP contribution in [0.15, 0.2) is 23.0 Å². The highest BCUT2D eigenvalue weighted by Gasteiger charge is 2.13. The van der Waals surface area contributed by atoms with Gasteiger partial charge >= 0.3 is 0 Å². The fourth-order valence-electron chi connectivity index (χ4n) is 2.37. The number of aromatic nitrogens is 3. The lowest BCUT2D eigenvalue weighted by atomic mass is 10.1. The Hall–Kier alpha value is -2.10. The first-order valence-corrected chi connectivity index (χ1v) is 6.10. The zero-order valence-electron chi connectivity index (χ0n) is 10.7. The zero-order chi connectivity index (χ0) is 12.7. The molecule has 3 aromatic heterocycles. The number of rotatable bonds is 2. The van der Waals surface area contributed by atoms with Crippen LogP contribution in [0.1, 0.15) is 23.9 Å². The van der Waals surface area contributed by atoms with Gasteiger partial charge in [-0.3, -0.25) is 4.98 Å². The number of pyridine rings is 1. The van der Waals surface area contributed by atoms with E-state index in [-0.39, 0.29) is 0 Å². The molecule has 3 rings (SSSR count). The van der Waals surface area contributed by atoms with Crippen LogP contribution in [0, 0.1) is 13.8 Å². The normalized spacial score (nSPS) is 11.3. The molecular formula is C14H15N3O. The van der Waals surface area contributed by atoms with Crippen molar-refractivity contribution < 1.29 is 4.52 Å². The summed E-state index contributed by atoms with van der Waals surface area (Å²) in [5, 5.41) is 3.98. The van der Waals surface area contributed by atoms with Gasteiger partial charge in [-0.2, -0.15) is 0 Å². The van der Waals surface area contributed by atoms with Crippen molar-refractivity contribution in [3.63, 3.8) is 0 Å². The van der Waals surface area contributed by atoms with Crippen LogP contribution in [0.3, 0.4) is 0 Å². The summed E-state index contributed by atoms with van der Waals surface area (Å²) in [6.07, 6.45) is 4.90. The third-order valence-corrected chi connectivity index (χ3v) is 3.30. The van der Waals surface area contributed by atoms with Gasteiger partial charge in [-0.1, -0.05) is 12.1 Å². The molecule has 0 atom stereocenters. The van der Waals surface area contributed by atoms with E-state index in [0.717, 1.165) is 40.0 Å². The second-order valence-electron chi connectivity index (χ2n) is 4.49. The SMILES string of the molecule is CCc1c[nH]c2cc(-c3c(C)noc3C)cnc12. The summed E-state index contributed by atoms with van der Waals surface area (Å²) in [5.41, 5.74) is 6.34. The lowest BCUT2D eigenvalue weighted by molar-refractivity contribution is 0.393. The monoisotopic (exact) mass is 241 g/mol. The van der Waals surface area contributed by atoms with Crippen LogP contribution < -0.4 is 0 Å². The second kappa shape index (κ2) is 3.98. The highest BCUT2D eigenvalue weighted by Crippen LogP contribution is 2.28. The number of fused-ring (bicyclic) bond motifs is 1. The Bertz CT molecular complexity index is 689. The molecule has 3 aromatic rings. The molecule has 0 amide bonds. The van der Waals surface area contributed by atoms with Crippen molar-refractivity contribution in [2.45, 2.75) is 27.2 Å². The molecule has 0 saturated carbocycles. The van der Waals surface area contributed by atoms with Crippen LogP contribution in [0.4, 0.5) is 0 Å². The van der Waals surface area contributed by atoms with E-state index in [1.807, 2.05) is 26.2 Å². The van der Waals surface area contributed by atoms with Gasteiger partial charge in [0.25, 0.3) is 0 Å². The first kappa shape index (κ1) is 11.0. The molecule has 18 heavy (non-hydrogen) atoms. The lowest BCUT2D eigenvalue weighted by Gasteiger charge is -2.00. The molecule has 0 unspecified atom stereocenters. The molecule has 92 valence electrons. The van der Waals surface area contributed by atoms with E-state index < -0.39 is 0 Å². The fraction of sp³-hybridized carbons (Fsp3) is 0.286. The van der Waals surface area contributed by atoms with Gasteiger partial charge in [0.1, 0.15) is 5.76 Å². The molecule has 4 nitrogen and oxygen atoms in total. The molecule has 0 aliphatic rings. The van der Waals surface area contributed by atoms with Crippen molar-refractivity contribution in [1.82, 2.24) is 15.1 Å². The molecule has 0 aliphatic carbocycles. The first-order chi connectivity index (χ1) is 8.70. The van der Waals surface area contributed by atoms with Gasteiger partial charge in [0.2, 0.25) is 0 Å². The number of nitrogens with one attached hydrogen (secondary N) is 1. The highest BCUT2D eigenvalue weighted by molar-refractivity contribution is 5.84. The van der Waals surface area contributed by atoms with Crippen molar-refractivity contribution in [2.24, 2.45) is 0 Å². The zero-order valence-corrected chi connectivity index (χ0v) is 10.7. The van der Waals surface area contributed by atoms with Gasteiger partial charge in [-0.15, -0.1) is 0 Å². The summed E-state index contributed by atoms with van der Waals surface area (Å²) in [6.45, 7) is 6.00. The smallest absolute Gasteiger partial charge is 0.141 e. The lowest BCUT2D eigenvalue weighted by Crippen LogP contribution is -1.86. The molecule has 3 heterocycles. The van der Waals surface area contributed by atoms with Crippen LogP contribution in [0.5, 0.6) is 0 Å². The van der Waals surface area contributed by atoms with Crippen LogP contribution >= 0.6 is 0 Å². The van der Waals surface area contributed by atoms with Crippen molar-refractivity contribution in [3.05, 3.63) is 35.5 Å². The molecule has 0 spiro atoms. The first-order valence-electron chi connectivity index (χ1n) is 6.10. The predicted octanol–water partition coefficient (Wildman–Crippen LogP) is 3.40. The maximum absolute atomic E-state index is 5.20. The molecule has 0 radical (unpaired) electrons. The second-order valence-corrected chi connectivity index (χ2v) is 4.49. The van der Waals surface area contributed by atoms with Crippen LogP contribution in [0.25, 0.3) is 22.2 Å². The summed E-state index contributed by atoms with van der Waals surface area (Å²) >= 11 is 0. The molecule has 0 aromatic carbocycles. The van der Waals surface area contributed by atoms with E-state index in [9.17, 15) is 0 Å². The summed E-state index contributed by atoms with van der Waals surface area (Å²) in [7, 11) is 0. The van der Waals surface area contributed by atoms with Crippen molar-refractivity contribution in [1.29, 1.82) is 0 Å². The Morgan fingerprint density at radius 3 is 2.83 bits per heavy atom. The van der Waals surface area contributed by atoms with Gasteiger partial charge in [0.05, 0.1) is 16.7 Å². The van der Waals surface area contributed by atoms with Crippen molar-refractivity contribution >= 4 is 11.0 Å². The number of H-pyrrole nitrogens is 1. The van der Waals surface area contributed by atoms with Crippen LogP contribution in [-0.4, -0.2) is 15.1 Å². The van der Waals surface area contributed by atoms with E-state index in [0.29, 0.717) is 0 Å². The average Bonchev–Trinajstić information content (AvgIpc) is 2.92. The van der Waals surface area contributed by atoms with Crippen LogP contribution in [0.2, 0.25) is 0 Å². The van der Waals surface area contributed by atoms with Crippen LogP contribution in [-0.2, 0) is 6.42 Å². The van der Waals surface area contributed by atoms with Gasteiger partial charge in [-0.05, 0) is 31.9 Å². The quantitative estimate of drug-likeness (QED) is 0.748. The third-order valence-electron chi connectivity index (χ3n) is 3.30. The highest BCUT2D eigenvalue weighted by atomic mass is 16.5. The third kappa shape index (κ3) is 1.53. The summed E-state index contributed by atoms with van der Waals surface area (Å²) in [5.74, 6) is 0.830. The summed E-state index contributed by atoms with van der Waals surface area (Å²) in [6, 6.07) is 2.11. The maximum Gasteiger partial charge on any atom is 0.141 e. The number of aromatic amines is 1. The van der Waals surface area contributed by atoms with E-state index in [1.165, 1.54) is 5.56 Å². The van der Waals surface area contributed by atoms with Gasteiger partial charge in [0.15, 0.2) is 0 Å². The van der Waals surface area contributed by atoms with E-state index in [4.69, 9.17) is 4.52 Å². The number of nitrogens with zero attached hydrogens (tertiary/aromatic N) is 2. The Morgan fingerprint density at radius 2 is 2.17 bits per heavy atom. The Kier molecular flexibility index (Phi) is 2.44. The predicted molar refractivity (Wildman–Crippen MR) is 70.4 cm³/mol. The molecular weight excluding hydrogens is 226 g/mol. The standard InChI is InChI=1S/C14H15N3O/c1-4-10-6-15-12-5-11(7-16-14(10)12)13-8(2)17-18-9(13)3/h5-7,15H,4H2,1-3H3. The van der Waals surface area contributed by atoms with Crippen molar-refractivity contribution in [2.75, 3.05) is 0 Å². The topological polar surface area (TPSA) is 54.7 Å². The molecule has 0 saturated heterocycles. The van der Waals surface area contributed by atoms with Gasteiger partial charge in [-0.25, -0.2) is 0 Å². The van der Waals surface area contributed by atoms with E-state index >= 15 is 0 Å². The molecule has 0 aliphatic heterocycles. The molecule has 4 heteroatoms. The molecule has 0 fully saturated rings. The van der Waals surface area contributed by atoms with E-state index in [2.05, 4.69) is 28.1 Å². The maximum atomic E-state index is 5.20. The summed E-state index contributed by atoms with van der Waals surface area (Å²) in [4.78, 5) is 7.82. The Morgan fingerprint density at radius 1 is 1.33 bits per heavy atom. The van der Waals surface area contributed by atoms with E-state index in [1.54, 1.807) is 0 Å². The number of hydrogen-bond donors (Lipinski definition) is 1. The minimum absolute atomic E-state index is 0.830. The minimum atomic E-state index is 0.830. The molecule has 0 bridgehead atoms. The fourth-order valence-corrected chi connectivity index (χ4v) is 2.37. The minimum Gasteiger partial charge on any atom is -0.361 e. The number of hydrogen-bond acceptors (Lipinski definition) is 3. The number of aryl methyl sites for hydroxylation is 3. The largest absolute Gasteiger partial charge is 0.361 e. The average molecular weight is 241 g/mol. The summed E-state index contributed by atoms with van der Waals surface area (Å²) < 4.78 is 5.20. The Labute approximate surface area is 105 Å². The van der Waals surface area contributed by atoms with Gasteiger partial charge < -0.3 is 9.51 Å². The van der Waals surface area contributed by atoms with Gasteiger partial charge in [0, 0.05) is 23.5 Å². The molecule has 1 N–H and O–H groups in total. The Balaban J connectivity index is 2.20. The van der Waals surface area contributed by atoms with Crippen molar-refractivity contribution in [3.8, 4) is 11.1 Å².